The number of fused-ring (bicyclic) bond motifs is 1. The minimum Gasteiger partial charge on any atom is -0.493 e. The molecule has 1 heterocycles. The van der Waals surface area contributed by atoms with Gasteiger partial charge in [0.05, 0.1) is 37.4 Å². The van der Waals surface area contributed by atoms with Crippen LogP contribution in [0.1, 0.15) is 40.9 Å². The lowest BCUT2D eigenvalue weighted by atomic mass is 10.0. The zero-order valence-electron chi connectivity index (χ0n) is 20.5. The van der Waals surface area contributed by atoms with Crippen molar-refractivity contribution >= 4 is 23.5 Å². The van der Waals surface area contributed by atoms with Gasteiger partial charge < -0.3 is 29.5 Å². The quantitative estimate of drug-likeness (QED) is 0.642. The van der Waals surface area contributed by atoms with Gasteiger partial charge in [0.1, 0.15) is 0 Å². The summed E-state index contributed by atoms with van der Waals surface area (Å²) in [4.78, 5) is 43.2. The molecule has 1 aliphatic heterocycles. The number of carbonyl (C=O) groups excluding carboxylic acids is 3. The molecule has 1 N–H and O–H groups in total. The average Bonchev–Trinajstić information content (AvgIpc) is 3.14. The summed E-state index contributed by atoms with van der Waals surface area (Å²) in [6.45, 7) is 2.65. The Morgan fingerprint density at radius 2 is 1.82 bits per heavy atom. The Balaban J connectivity index is 2.02. The molecule has 1 aliphatic rings. The van der Waals surface area contributed by atoms with Crippen molar-refractivity contribution in [3.05, 3.63) is 53.1 Å². The molecule has 1 atom stereocenters. The second-order valence-corrected chi connectivity index (χ2v) is 8.45. The van der Waals surface area contributed by atoms with Crippen molar-refractivity contribution < 1.29 is 23.9 Å². The first-order valence-electron chi connectivity index (χ1n) is 11.1. The van der Waals surface area contributed by atoms with Gasteiger partial charge in [-0.25, -0.2) is 4.79 Å². The van der Waals surface area contributed by atoms with Gasteiger partial charge in [-0.3, -0.25) is 9.59 Å². The Bertz CT molecular complexity index is 1080. The number of nitrogens with one attached hydrogen (secondary N) is 1. The number of carbonyl (C=O) groups is 3. The topological polar surface area (TPSA) is 91.4 Å². The zero-order chi connectivity index (χ0) is 25.0. The monoisotopic (exact) mass is 468 g/mol. The highest BCUT2D eigenvalue weighted by molar-refractivity contribution is 6.06. The van der Waals surface area contributed by atoms with Gasteiger partial charge in [-0.2, -0.15) is 0 Å². The van der Waals surface area contributed by atoms with Crippen molar-refractivity contribution in [3.8, 4) is 11.5 Å². The molecule has 0 saturated carbocycles. The number of nitrogens with zero attached hydrogens (tertiary/aromatic N) is 3. The maximum Gasteiger partial charge on any atom is 0.321 e. The molecule has 4 amide bonds. The predicted octanol–water partition coefficient (Wildman–Crippen LogP) is 3.36. The van der Waals surface area contributed by atoms with Crippen molar-refractivity contribution in [3.63, 3.8) is 0 Å². The second-order valence-electron chi connectivity index (χ2n) is 8.45. The van der Waals surface area contributed by atoms with E-state index in [1.807, 2.05) is 25.1 Å². The van der Waals surface area contributed by atoms with Gasteiger partial charge in [0.15, 0.2) is 11.5 Å². The van der Waals surface area contributed by atoms with E-state index >= 15 is 0 Å². The number of hydrogen-bond donors (Lipinski definition) is 1. The van der Waals surface area contributed by atoms with E-state index in [0.29, 0.717) is 35.9 Å². The fourth-order valence-corrected chi connectivity index (χ4v) is 3.89. The molecule has 0 saturated heterocycles. The molecule has 9 nitrogen and oxygen atoms in total. The minimum absolute atomic E-state index is 0.101. The van der Waals surface area contributed by atoms with Crippen LogP contribution in [0.4, 0.5) is 10.5 Å². The van der Waals surface area contributed by atoms with Crippen molar-refractivity contribution in [1.82, 2.24) is 14.7 Å². The Hall–Kier alpha value is -3.75. The first-order chi connectivity index (χ1) is 16.2. The summed E-state index contributed by atoms with van der Waals surface area (Å²) in [6, 6.07) is 9.98. The van der Waals surface area contributed by atoms with Crippen LogP contribution in [-0.2, 0) is 11.3 Å². The molecule has 2 aromatic rings. The first kappa shape index (κ1) is 24.9. The van der Waals surface area contributed by atoms with Gasteiger partial charge in [-0.05, 0) is 36.2 Å². The van der Waals surface area contributed by atoms with Crippen LogP contribution in [0.25, 0.3) is 0 Å². The van der Waals surface area contributed by atoms with Crippen molar-refractivity contribution in [2.24, 2.45) is 0 Å². The van der Waals surface area contributed by atoms with Gasteiger partial charge in [-0.15, -0.1) is 0 Å². The average molecular weight is 469 g/mol. The normalized spacial score (nSPS) is 13.2. The van der Waals surface area contributed by atoms with Gasteiger partial charge in [0, 0.05) is 34.7 Å². The molecular formula is C25H32N4O5. The number of ether oxygens (including phenoxy) is 2. The van der Waals surface area contributed by atoms with Gasteiger partial charge in [0.25, 0.3) is 5.91 Å². The molecule has 0 aliphatic carbocycles. The van der Waals surface area contributed by atoms with Crippen LogP contribution in [0, 0.1) is 0 Å². The number of benzene rings is 2. The van der Waals surface area contributed by atoms with E-state index in [-0.39, 0.29) is 24.3 Å². The Morgan fingerprint density at radius 3 is 2.44 bits per heavy atom. The summed E-state index contributed by atoms with van der Waals surface area (Å²) in [7, 11) is 8.21. The number of amides is 4. The third-order valence-corrected chi connectivity index (χ3v) is 5.73. The summed E-state index contributed by atoms with van der Waals surface area (Å²) in [5.41, 5.74) is 2.45. The van der Waals surface area contributed by atoms with Crippen LogP contribution in [0.2, 0.25) is 0 Å². The molecule has 0 aromatic heterocycles. The lowest BCUT2D eigenvalue weighted by Gasteiger charge is -2.29. The number of anilines is 1. The molecule has 34 heavy (non-hydrogen) atoms. The predicted molar refractivity (Wildman–Crippen MR) is 129 cm³/mol. The molecule has 3 rings (SSSR count). The Kier molecular flexibility index (Phi) is 7.65. The third-order valence-electron chi connectivity index (χ3n) is 5.73. The lowest BCUT2D eigenvalue weighted by molar-refractivity contribution is -0.129. The van der Waals surface area contributed by atoms with Crippen LogP contribution in [0.15, 0.2) is 36.4 Å². The summed E-state index contributed by atoms with van der Waals surface area (Å²) < 4.78 is 11.1. The van der Waals surface area contributed by atoms with Crippen LogP contribution in [-0.4, -0.2) is 74.5 Å². The number of urea groups is 1. The fraction of sp³-hybridized carbons (Fsp3) is 0.400. The van der Waals surface area contributed by atoms with Gasteiger partial charge in [0.2, 0.25) is 5.91 Å². The number of hydrogen-bond acceptors (Lipinski definition) is 5. The summed E-state index contributed by atoms with van der Waals surface area (Å²) in [5, 5.41) is 2.80. The van der Waals surface area contributed by atoms with E-state index in [1.54, 1.807) is 58.4 Å². The van der Waals surface area contributed by atoms with E-state index in [0.717, 1.165) is 11.1 Å². The van der Waals surface area contributed by atoms with Gasteiger partial charge in [-0.1, -0.05) is 18.2 Å². The second kappa shape index (κ2) is 10.5. The largest absolute Gasteiger partial charge is 0.493 e. The van der Waals surface area contributed by atoms with Crippen molar-refractivity contribution in [1.29, 1.82) is 0 Å². The van der Waals surface area contributed by atoms with Crippen LogP contribution >= 0.6 is 0 Å². The third kappa shape index (κ3) is 5.08. The highest BCUT2D eigenvalue weighted by atomic mass is 16.5. The Labute approximate surface area is 200 Å². The van der Waals surface area contributed by atoms with E-state index < -0.39 is 6.04 Å². The Morgan fingerprint density at radius 1 is 1.09 bits per heavy atom. The molecule has 0 fully saturated rings. The summed E-state index contributed by atoms with van der Waals surface area (Å²) in [6.07, 6.45) is 0.101. The van der Waals surface area contributed by atoms with Crippen LogP contribution < -0.4 is 14.8 Å². The highest BCUT2D eigenvalue weighted by Crippen LogP contribution is 2.39. The maximum atomic E-state index is 13.6. The number of rotatable bonds is 8. The summed E-state index contributed by atoms with van der Waals surface area (Å²) in [5.74, 6) is 0.777. The van der Waals surface area contributed by atoms with Crippen molar-refractivity contribution in [2.75, 3.05) is 47.2 Å². The van der Waals surface area contributed by atoms with Crippen molar-refractivity contribution in [2.45, 2.75) is 25.9 Å². The molecular weight excluding hydrogens is 436 g/mol. The first-order valence-corrected chi connectivity index (χ1v) is 11.1. The highest BCUT2D eigenvalue weighted by Gasteiger charge is 2.37. The maximum absolute atomic E-state index is 13.6. The molecule has 0 radical (unpaired) electrons. The molecule has 0 unspecified atom stereocenters. The van der Waals surface area contributed by atoms with Crippen LogP contribution in [0.3, 0.4) is 0 Å². The number of methoxy groups -OCH3 is 1. The summed E-state index contributed by atoms with van der Waals surface area (Å²) >= 11 is 0. The fourth-order valence-electron chi connectivity index (χ4n) is 3.89. The minimum atomic E-state index is -0.530. The zero-order valence-corrected chi connectivity index (χ0v) is 20.5. The van der Waals surface area contributed by atoms with E-state index in [1.165, 1.54) is 9.80 Å². The lowest BCUT2D eigenvalue weighted by Crippen LogP contribution is -2.34. The van der Waals surface area contributed by atoms with E-state index in [9.17, 15) is 14.4 Å². The SMILES string of the molecule is CCOc1cc([C@@H](CC(=O)N(C)C)N2Cc3cccc(NC(=O)N(C)C)c3C2=O)ccc1OC. The molecule has 2 aromatic carbocycles. The van der Waals surface area contributed by atoms with E-state index in [4.69, 9.17) is 9.47 Å². The van der Waals surface area contributed by atoms with Gasteiger partial charge >= 0.3 is 6.03 Å². The molecule has 0 spiro atoms. The van der Waals surface area contributed by atoms with Crippen LogP contribution in [0.5, 0.6) is 11.5 Å². The standard InChI is InChI=1S/C25H32N4O5/c1-7-34-21-13-16(11-12-20(21)33-6)19(14-22(30)27(2)3)29-15-17-9-8-10-18(23(17)24(29)31)26-25(32)28(4)5/h8-13,19H,7,14-15H2,1-6H3,(H,26,32)/t19-/m1/s1. The molecule has 182 valence electrons. The molecule has 9 heteroatoms. The smallest absolute Gasteiger partial charge is 0.321 e. The van der Waals surface area contributed by atoms with E-state index in [2.05, 4.69) is 5.32 Å². The molecule has 0 bridgehead atoms.